The van der Waals surface area contributed by atoms with Gasteiger partial charge in [-0.3, -0.25) is 4.90 Å². The molecule has 1 aromatic rings. The maximum Gasteiger partial charge on any atom is 0.124 e. The summed E-state index contributed by atoms with van der Waals surface area (Å²) in [6, 6.07) is 6.26. The molecule has 1 aliphatic heterocycles. The molecule has 0 spiro atoms. The van der Waals surface area contributed by atoms with Crippen molar-refractivity contribution in [3.8, 4) is 5.75 Å². The summed E-state index contributed by atoms with van der Waals surface area (Å²) < 4.78 is 11.7. The van der Waals surface area contributed by atoms with Crippen molar-refractivity contribution in [3.05, 3.63) is 28.8 Å². The number of nitrogens with two attached hydrogens (primary N) is 1. The van der Waals surface area contributed by atoms with Crippen LogP contribution in [0.25, 0.3) is 0 Å². The molecule has 1 atom stereocenters. The first kappa shape index (κ1) is 16.6. The Morgan fingerprint density at radius 3 is 3.00 bits per heavy atom. The molecule has 2 rings (SSSR count). The molecular weight excluding hydrogens is 288 g/mol. The fourth-order valence-electron chi connectivity index (χ4n) is 2.56. The minimum atomic E-state index is 0.103. The first-order chi connectivity index (χ1) is 10.1. The zero-order valence-corrected chi connectivity index (χ0v) is 13.6. The standard InChI is InChI=1S/C16H25ClN2O2/c1-12(2)19-8-9-20-13(10-19)11-21-16-5-3-4-15(17)14(16)6-7-18/h3-5,12-13H,6-11,18H2,1-2H3. The van der Waals surface area contributed by atoms with Crippen molar-refractivity contribution in [2.24, 2.45) is 5.73 Å². The molecule has 1 saturated heterocycles. The number of ether oxygens (including phenoxy) is 2. The smallest absolute Gasteiger partial charge is 0.124 e. The molecule has 1 aromatic carbocycles. The highest BCUT2D eigenvalue weighted by molar-refractivity contribution is 6.31. The van der Waals surface area contributed by atoms with Gasteiger partial charge in [-0.05, 0) is 38.9 Å². The van der Waals surface area contributed by atoms with Gasteiger partial charge in [-0.1, -0.05) is 17.7 Å². The van der Waals surface area contributed by atoms with E-state index in [0.717, 1.165) is 37.4 Å². The first-order valence-electron chi connectivity index (χ1n) is 7.57. The van der Waals surface area contributed by atoms with Crippen LogP contribution in [-0.2, 0) is 11.2 Å². The normalized spacial score (nSPS) is 20.0. The van der Waals surface area contributed by atoms with Gasteiger partial charge in [-0.25, -0.2) is 0 Å². The highest BCUT2D eigenvalue weighted by atomic mass is 35.5. The average Bonchev–Trinajstić information content (AvgIpc) is 2.48. The fraction of sp³-hybridized carbons (Fsp3) is 0.625. The van der Waals surface area contributed by atoms with E-state index in [-0.39, 0.29) is 6.10 Å². The van der Waals surface area contributed by atoms with E-state index in [1.807, 2.05) is 18.2 Å². The zero-order valence-electron chi connectivity index (χ0n) is 12.8. The van der Waals surface area contributed by atoms with E-state index >= 15 is 0 Å². The lowest BCUT2D eigenvalue weighted by molar-refractivity contribution is -0.0565. The molecule has 1 aliphatic rings. The summed E-state index contributed by atoms with van der Waals surface area (Å²) in [7, 11) is 0. The Morgan fingerprint density at radius 1 is 1.48 bits per heavy atom. The second-order valence-electron chi connectivity index (χ2n) is 5.65. The minimum absolute atomic E-state index is 0.103. The molecule has 0 aliphatic carbocycles. The zero-order chi connectivity index (χ0) is 15.2. The van der Waals surface area contributed by atoms with E-state index in [1.54, 1.807) is 0 Å². The molecule has 21 heavy (non-hydrogen) atoms. The second kappa shape index (κ2) is 7.99. The van der Waals surface area contributed by atoms with Crippen molar-refractivity contribution < 1.29 is 9.47 Å². The maximum absolute atomic E-state index is 6.22. The number of morpholine rings is 1. The van der Waals surface area contributed by atoms with Gasteiger partial charge in [-0.2, -0.15) is 0 Å². The lowest BCUT2D eigenvalue weighted by Gasteiger charge is -2.35. The van der Waals surface area contributed by atoms with Crippen LogP contribution in [-0.4, -0.2) is 49.9 Å². The number of rotatable bonds is 6. The van der Waals surface area contributed by atoms with E-state index in [9.17, 15) is 0 Å². The molecule has 118 valence electrons. The van der Waals surface area contributed by atoms with Gasteiger partial charge in [0.1, 0.15) is 18.5 Å². The van der Waals surface area contributed by atoms with E-state index < -0.39 is 0 Å². The van der Waals surface area contributed by atoms with Crippen molar-refractivity contribution in [1.82, 2.24) is 4.90 Å². The third kappa shape index (κ3) is 4.58. The third-order valence-corrected chi connectivity index (χ3v) is 4.15. The van der Waals surface area contributed by atoms with E-state index in [1.165, 1.54) is 0 Å². The predicted molar refractivity (Wildman–Crippen MR) is 86.2 cm³/mol. The van der Waals surface area contributed by atoms with Crippen LogP contribution in [0.3, 0.4) is 0 Å². The predicted octanol–water partition coefficient (Wildman–Crippen LogP) is 2.33. The summed E-state index contributed by atoms with van der Waals surface area (Å²) in [6.07, 6.45) is 0.824. The van der Waals surface area contributed by atoms with Crippen LogP contribution in [0.1, 0.15) is 19.4 Å². The summed E-state index contributed by atoms with van der Waals surface area (Å²) in [4.78, 5) is 2.41. The van der Waals surface area contributed by atoms with Gasteiger partial charge < -0.3 is 15.2 Å². The van der Waals surface area contributed by atoms with Crippen molar-refractivity contribution >= 4 is 11.6 Å². The van der Waals surface area contributed by atoms with E-state index in [0.29, 0.717) is 24.2 Å². The minimum Gasteiger partial charge on any atom is -0.490 e. The van der Waals surface area contributed by atoms with Gasteiger partial charge in [-0.15, -0.1) is 0 Å². The van der Waals surface area contributed by atoms with E-state index in [4.69, 9.17) is 26.8 Å². The largest absolute Gasteiger partial charge is 0.490 e. The van der Waals surface area contributed by atoms with Gasteiger partial charge in [0.15, 0.2) is 0 Å². The van der Waals surface area contributed by atoms with E-state index in [2.05, 4.69) is 18.7 Å². The average molecular weight is 313 g/mol. The van der Waals surface area contributed by atoms with Crippen molar-refractivity contribution in [1.29, 1.82) is 0 Å². The molecule has 1 unspecified atom stereocenters. The Bertz CT molecular complexity index is 454. The summed E-state index contributed by atoms with van der Waals surface area (Å²) >= 11 is 6.22. The molecule has 2 N–H and O–H groups in total. The summed E-state index contributed by atoms with van der Waals surface area (Å²) in [5.41, 5.74) is 6.63. The Balaban J connectivity index is 1.95. The third-order valence-electron chi connectivity index (χ3n) is 3.80. The monoisotopic (exact) mass is 312 g/mol. The molecule has 0 radical (unpaired) electrons. The molecule has 1 heterocycles. The summed E-state index contributed by atoms with van der Waals surface area (Å²) in [6.45, 7) is 8.17. The second-order valence-corrected chi connectivity index (χ2v) is 6.05. The van der Waals surface area contributed by atoms with Crippen LogP contribution in [0.2, 0.25) is 5.02 Å². The van der Waals surface area contributed by atoms with Crippen LogP contribution < -0.4 is 10.5 Å². The topological polar surface area (TPSA) is 47.7 Å². The Labute approximate surface area is 132 Å². The number of benzene rings is 1. The lowest BCUT2D eigenvalue weighted by atomic mass is 10.1. The molecule has 0 aromatic heterocycles. The SMILES string of the molecule is CC(C)N1CCOC(COc2cccc(Cl)c2CCN)C1. The number of hydrogen-bond donors (Lipinski definition) is 1. The van der Waals surface area contributed by atoms with Crippen LogP contribution in [0.5, 0.6) is 5.75 Å². The van der Waals surface area contributed by atoms with Crippen molar-refractivity contribution in [3.63, 3.8) is 0 Å². The number of nitrogens with zero attached hydrogens (tertiary/aromatic N) is 1. The molecule has 4 nitrogen and oxygen atoms in total. The Kier molecular flexibility index (Phi) is 6.30. The summed E-state index contributed by atoms with van der Waals surface area (Å²) in [5, 5.41) is 0.714. The quantitative estimate of drug-likeness (QED) is 0.876. The molecule has 0 bridgehead atoms. The summed E-state index contributed by atoms with van der Waals surface area (Å²) in [5.74, 6) is 0.818. The van der Waals surface area contributed by atoms with Crippen LogP contribution in [0.4, 0.5) is 0 Å². The Hall–Kier alpha value is -0.810. The lowest BCUT2D eigenvalue weighted by Crippen LogP contribution is -2.47. The first-order valence-corrected chi connectivity index (χ1v) is 7.95. The van der Waals surface area contributed by atoms with Crippen LogP contribution in [0, 0.1) is 0 Å². The van der Waals surface area contributed by atoms with Crippen LogP contribution in [0.15, 0.2) is 18.2 Å². The fourth-order valence-corrected chi connectivity index (χ4v) is 2.82. The highest BCUT2D eigenvalue weighted by Gasteiger charge is 2.23. The highest BCUT2D eigenvalue weighted by Crippen LogP contribution is 2.27. The molecule has 5 heteroatoms. The molecule has 0 amide bonds. The molecular formula is C16H25ClN2O2. The van der Waals surface area contributed by atoms with Crippen molar-refractivity contribution in [2.45, 2.75) is 32.4 Å². The van der Waals surface area contributed by atoms with Crippen LogP contribution >= 0.6 is 11.6 Å². The van der Waals surface area contributed by atoms with Gasteiger partial charge in [0.25, 0.3) is 0 Å². The maximum atomic E-state index is 6.22. The van der Waals surface area contributed by atoms with Gasteiger partial charge in [0, 0.05) is 29.7 Å². The molecule has 0 saturated carbocycles. The molecule has 1 fully saturated rings. The van der Waals surface area contributed by atoms with Gasteiger partial charge in [0.2, 0.25) is 0 Å². The van der Waals surface area contributed by atoms with Gasteiger partial charge >= 0.3 is 0 Å². The van der Waals surface area contributed by atoms with Gasteiger partial charge in [0.05, 0.1) is 6.61 Å². The number of halogens is 1. The van der Waals surface area contributed by atoms with Crippen molar-refractivity contribution in [2.75, 3.05) is 32.8 Å². The Morgan fingerprint density at radius 2 is 2.29 bits per heavy atom. The number of hydrogen-bond acceptors (Lipinski definition) is 4.